The number of ether oxygens (including phenoxy) is 1. The van der Waals surface area contributed by atoms with Crippen molar-refractivity contribution in [3.05, 3.63) is 41.5 Å². The summed E-state index contributed by atoms with van der Waals surface area (Å²) in [7, 11) is 0. The van der Waals surface area contributed by atoms with E-state index in [-0.39, 0.29) is 6.04 Å². The van der Waals surface area contributed by atoms with Gasteiger partial charge in [-0.05, 0) is 24.6 Å². The van der Waals surface area contributed by atoms with Crippen molar-refractivity contribution >= 4 is 0 Å². The lowest BCUT2D eigenvalue weighted by molar-refractivity contribution is 0.285. The van der Waals surface area contributed by atoms with Crippen LogP contribution >= 0.6 is 0 Å². The van der Waals surface area contributed by atoms with Crippen LogP contribution in [-0.2, 0) is 13.0 Å². The van der Waals surface area contributed by atoms with E-state index in [2.05, 4.69) is 10.1 Å². The van der Waals surface area contributed by atoms with Crippen molar-refractivity contribution in [2.45, 2.75) is 32.9 Å². The first-order valence-corrected chi connectivity index (χ1v) is 5.99. The summed E-state index contributed by atoms with van der Waals surface area (Å²) < 4.78 is 10.6. The molecule has 18 heavy (non-hydrogen) atoms. The smallest absolute Gasteiger partial charge is 0.226 e. The summed E-state index contributed by atoms with van der Waals surface area (Å²) in [5.41, 5.74) is 6.85. The van der Waals surface area contributed by atoms with E-state index in [1.165, 1.54) is 0 Å². The van der Waals surface area contributed by atoms with E-state index in [9.17, 15) is 0 Å². The predicted octanol–water partition coefficient (Wildman–Crippen LogP) is 2.23. The molecule has 1 aromatic carbocycles. The van der Waals surface area contributed by atoms with E-state index in [4.69, 9.17) is 15.0 Å². The molecule has 0 fully saturated rings. The molecule has 5 heteroatoms. The van der Waals surface area contributed by atoms with Gasteiger partial charge in [-0.2, -0.15) is 4.98 Å². The Hall–Kier alpha value is -1.88. The van der Waals surface area contributed by atoms with Gasteiger partial charge >= 0.3 is 0 Å². The van der Waals surface area contributed by atoms with Crippen LogP contribution in [0.3, 0.4) is 0 Å². The molecule has 2 aromatic rings. The Bertz CT molecular complexity index is 491. The van der Waals surface area contributed by atoms with Crippen molar-refractivity contribution < 1.29 is 9.26 Å². The topological polar surface area (TPSA) is 74.2 Å². The van der Waals surface area contributed by atoms with Crippen LogP contribution in [0.1, 0.15) is 37.2 Å². The fourth-order valence-corrected chi connectivity index (χ4v) is 1.51. The molecule has 1 atom stereocenters. The quantitative estimate of drug-likeness (QED) is 0.877. The molecule has 0 aliphatic heterocycles. The molecule has 1 aromatic heterocycles. The average molecular weight is 247 g/mol. The molecule has 5 nitrogen and oxygen atoms in total. The Kier molecular flexibility index (Phi) is 3.94. The van der Waals surface area contributed by atoms with Crippen molar-refractivity contribution in [2.75, 3.05) is 0 Å². The van der Waals surface area contributed by atoms with Gasteiger partial charge < -0.3 is 15.0 Å². The summed E-state index contributed by atoms with van der Waals surface area (Å²) in [5, 5.41) is 3.82. The molecule has 2 N–H and O–H groups in total. The summed E-state index contributed by atoms with van der Waals surface area (Å²) in [6.45, 7) is 4.22. The third-order valence-corrected chi connectivity index (χ3v) is 2.59. The molecule has 0 amide bonds. The van der Waals surface area contributed by atoms with Gasteiger partial charge in [-0.1, -0.05) is 24.2 Å². The average Bonchev–Trinajstić information content (AvgIpc) is 2.85. The van der Waals surface area contributed by atoms with Crippen LogP contribution in [0.15, 0.2) is 28.8 Å². The number of hydrogen-bond acceptors (Lipinski definition) is 5. The molecule has 0 saturated heterocycles. The number of nitrogens with two attached hydrogens (primary N) is 1. The summed E-state index contributed by atoms with van der Waals surface area (Å²) >= 11 is 0. The van der Waals surface area contributed by atoms with E-state index in [1.807, 2.05) is 38.1 Å². The first kappa shape index (κ1) is 12.6. The van der Waals surface area contributed by atoms with Gasteiger partial charge in [0.15, 0.2) is 6.61 Å². The highest BCUT2D eigenvalue weighted by atomic mass is 16.5. The van der Waals surface area contributed by atoms with Crippen molar-refractivity contribution in [1.29, 1.82) is 0 Å². The molecule has 1 heterocycles. The van der Waals surface area contributed by atoms with Crippen LogP contribution in [0.5, 0.6) is 5.75 Å². The lowest BCUT2D eigenvalue weighted by atomic mass is 10.1. The molecule has 0 unspecified atom stereocenters. The zero-order valence-electron chi connectivity index (χ0n) is 10.6. The van der Waals surface area contributed by atoms with Crippen molar-refractivity contribution in [2.24, 2.45) is 5.73 Å². The van der Waals surface area contributed by atoms with Crippen LogP contribution in [-0.4, -0.2) is 10.1 Å². The molecule has 0 bridgehead atoms. The van der Waals surface area contributed by atoms with Crippen LogP contribution in [0.25, 0.3) is 0 Å². The molecule has 2 rings (SSSR count). The van der Waals surface area contributed by atoms with Crippen LogP contribution in [0, 0.1) is 0 Å². The molecule has 0 aliphatic carbocycles. The van der Waals surface area contributed by atoms with Gasteiger partial charge in [-0.25, -0.2) is 0 Å². The second-order valence-corrected chi connectivity index (χ2v) is 4.10. The minimum Gasteiger partial charge on any atom is -0.485 e. The maximum absolute atomic E-state index is 5.77. The van der Waals surface area contributed by atoms with Gasteiger partial charge in [0.2, 0.25) is 11.7 Å². The van der Waals surface area contributed by atoms with Crippen LogP contribution < -0.4 is 10.5 Å². The zero-order valence-corrected chi connectivity index (χ0v) is 10.6. The summed E-state index contributed by atoms with van der Waals surface area (Å²) in [6, 6.07) is 7.71. The second kappa shape index (κ2) is 5.64. The number of rotatable bonds is 5. The number of nitrogens with zero attached hydrogens (tertiary/aromatic N) is 2. The molecular formula is C13H17N3O2. The van der Waals surface area contributed by atoms with E-state index < -0.39 is 0 Å². The van der Waals surface area contributed by atoms with Gasteiger partial charge in [0.1, 0.15) is 5.75 Å². The van der Waals surface area contributed by atoms with Gasteiger partial charge in [-0.3, -0.25) is 0 Å². The zero-order chi connectivity index (χ0) is 13.0. The van der Waals surface area contributed by atoms with E-state index >= 15 is 0 Å². The number of benzene rings is 1. The summed E-state index contributed by atoms with van der Waals surface area (Å²) in [5.74, 6) is 1.95. The maximum atomic E-state index is 5.77. The third kappa shape index (κ3) is 3.07. The Labute approximate surface area is 106 Å². The van der Waals surface area contributed by atoms with E-state index in [0.29, 0.717) is 18.3 Å². The molecule has 0 aliphatic rings. The van der Waals surface area contributed by atoms with Crippen molar-refractivity contribution in [3.8, 4) is 5.75 Å². The van der Waals surface area contributed by atoms with Gasteiger partial charge in [0.25, 0.3) is 0 Å². The molecule has 96 valence electrons. The van der Waals surface area contributed by atoms with Crippen LogP contribution in [0.4, 0.5) is 0 Å². The Morgan fingerprint density at radius 2 is 2.06 bits per heavy atom. The molecule has 0 radical (unpaired) electrons. The SMILES string of the molecule is CCc1nc(COc2ccc([C@@H](C)N)cc2)no1. The number of aryl methyl sites for hydroxylation is 1. The van der Waals surface area contributed by atoms with Crippen molar-refractivity contribution in [3.63, 3.8) is 0 Å². The van der Waals surface area contributed by atoms with Gasteiger partial charge in [-0.15, -0.1) is 0 Å². The van der Waals surface area contributed by atoms with E-state index in [1.54, 1.807) is 0 Å². The maximum Gasteiger partial charge on any atom is 0.226 e. The molecule has 0 saturated carbocycles. The molecule has 0 spiro atoms. The predicted molar refractivity (Wildman–Crippen MR) is 67.1 cm³/mol. The first-order valence-electron chi connectivity index (χ1n) is 5.99. The van der Waals surface area contributed by atoms with E-state index in [0.717, 1.165) is 17.7 Å². The minimum atomic E-state index is 0.0309. The normalized spacial score (nSPS) is 12.4. The lowest BCUT2D eigenvalue weighted by Gasteiger charge is -2.07. The highest BCUT2D eigenvalue weighted by Gasteiger charge is 2.05. The number of hydrogen-bond donors (Lipinski definition) is 1. The fourth-order valence-electron chi connectivity index (χ4n) is 1.51. The van der Waals surface area contributed by atoms with Gasteiger partial charge in [0.05, 0.1) is 0 Å². The highest BCUT2D eigenvalue weighted by molar-refractivity contribution is 5.28. The summed E-state index contributed by atoms with van der Waals surface area (Å²) in [4.78, 5) is 4.17. The lowest BCUT2D eigenvalue weighted by Crippen LogP contribution is -2.04. The Morgan fingerprint density at radius 1 is 1.33 bits per heavy atom. The Balaban J connectivity index is 1.93. The van der Waals surface area contributed by atoms with Crippen molar-refractivity contribution in [1.82, 2.24) is 10.1 Å². The highest BCUT2D eigenvalue weighted by Crippen LogP contribution is 2.16. The van der Waals surface area contributed by atoms with Gasteiger partial charge in [0, 0.05) is 12.5 Å². The Morgan fingerprint density at radius 3 is 2.61 bits per heavy atom. The minimum absolute atomic E-state index is 0.0309. The summed E-state index contributed by atoms with van der Waals surface area (Å²) in [6.07, 6.45) is 0.732. The number of aromatic nitrogens is 2. The third-order valence-electron chi connectivity index (χ3n) is 2.59. The first-order chi connectivity index (χ1) is 8.69. The standard InChI is InChI=1S/C13H17N3O2/c1-3-13-15-12(16-18-13)8-17-11-6-4-10(5-7-11)9(2)14/h4-7,9H,3,8,14H2,1-2H3/t9-/m1/s1. The van der Waals surface area contributed by atoms with Crippen LogP contribution in [0.2, 0.25) is 0 Å². The second-order valence-electron chi connectivity index (χ2n) is 4.10. The monoisotopic (exact) mass is 247 g/mol. The molecular weight excluding hydrogens is 230 g/mol. The fraction of sp³-hybridized carbons (Fsp3) is 0.385. The largest absolute Gasteiger partial charge is 0.485 e.